The molecule has 1 amide bonds. The Morgan fingerprint density at radius 1 is 1.07 bits per heavy atom. The first kappa shape index (κ1) is 20.5. The zero-order chi connectivity index (χ0) is 21.5. The molecule has 0 spiro atoms. The average Bonchev–Trinajstić information content (AvgIpc) is 2.72. The molecule has 0 aliphatic carbocycles. The second-order valence-electron chi connectivity index (χ2n) is 7.64. The van der Waals surface area contributed by atoms with Crippen molar-refractivity contribution in [2.75, 3.05) is 48.2 Å². The van der Waals surface area contributed by atoms with Gasteiger partial charge in [0.1, 0.15) is 11.6 Å². The summed E-state index contributed by atoms with van der Waals surface area (Å²) in [7, 11) is -3.57. The Balaban J connectivity index is 1.49. The van der Waals surface area contributed by atoms with Crippen LogP contribution in [0.3, 0.4) is 0 Å². The summed E-state index contributed by atoms with van der Waals surface area (Å²) < 4.78 is 45.8. The van der Waals surface area contributed by atoms with Gasteiger partial charge < -0.3 is 14.5 Å². The first-order valence-electron chi connectivity index (χ1n) is 9.77. The largest absolute Gasteiger partial charge is 0.476 e. The molecule has 1 saturated heterocycles. The molecule has 30 heavy (non-hydrogen) atoms. The molecule has 4 rings (SSSR count). The minimum atomic E-state index is -3.57. The topological polar surface area (TPSA) is 70.2 Å². The molecular formula is C21H24FN3O4S. The Hall–Kier alpha value is -2.81. The van der Waals surface area contributed by atoms with Crippen LogP contribution in [0.2, 0.25) is 0 Å². The molecule has 0 bridgehead atoms. The van der Waals surface area contributed by atoms with Gasteiger partial charge in [-0.15, -0.1) is 0 Å². The molecule has 2 aromatic carbocycles. The van der Waals surface area contributed by atoms with E-state index in [9.17, 15) is 17.6 Å². The number of amides is 1. The maximum atomic E-state index is 14.0. The minimum absolute atomic E-state index is 0.0678. The van der Waals surface area contributed by atoms with E-state index >= 15 is 0 Å². The predicted molar refractivity (Wildman–Crippen MR) is 113 cm³/mol. The van der Waals surface area contributed by atoms with Gasteiger partial charge >= 0.3 is 0 Å². The molecule has 7 nitrogen and oxygen atoms in total. The minimum Gasteiger partial charge on any atom is -0.476 e. The number of aryl methyl sites for hydroxylation is 1. The first-order chi connectivity index (χ1) is 14.2. The second-order valence-corrected chi connectivity index (χ2v) is 9.54. The molecule has 9 heteroatoms. The highest BCUT2D eigenvalue weighted by atomic mass is 32.2. The highest BCUT2D eigenvalue weighted by Gasteiger charge is 2.38. The van der Waals surface area contributed by atoms with Crippen LogP contribution in [0.15, 0.2) is 42.5 Å². The fourth-order valence-electron chi connectivity index (χ4n) is 3.88. The van der Waals surface area contributed by atoms with E-state index in [1.165, 1.54) is 10.4 Å². The van der Waals surface area contributed by atoms with Crippen LogP contribution in [-0.4, -0.2) is 64.3 Å². The van der Waals surface area contributed by atoms with Gasteiger partial charge in [-0.25, -0.2) is 12.8 Å². The average molecular weight is 434 g/mol. The van der Waals surface area contributed by atoms with Crippen LogP contribution in [-0.2, 0) is 14.8 Å². The molecule has 0 aromatic heterocycles. The summed E-state index contributed by atoms with van der Waals surface area (Å²) in [4.78, 5) is 16.7. The third-order valence-corrected chi connectivity index (χ3v) is 6.59. The Morgan fingerprint density at radius 3 is 2.43 bits per heavy atom. The molecule has 0 radical (unpaired) electrons. The van der Waals surface area contributed by atoms with Crippen molar-refractivity contribution in [3.63, 3.8) is 0 Å². The van der Waals surface area contributed by atoms with Crippen molar-refractivity contribution in [3.05, 3.63) is 53.8 Å². The Kier molecular flexibility index (Phi) is 5.31. The van der Waals surface area contributed by atoms with Gasteiger partial charge in [0.15, 0.2) is 6.10 Å². The van der Waals surface area contributed by atoms with Gasteiger partial charge in [0, 0.05) is 26.2 Å². The Labute approximate surface area is 175 Å². The zero-order valence-electron chi connectivity index (χ0n) is 16.9. The second kappa shape index (κ2) is 7.79. The van der Waals surface area contributed by atoms with Crippen molar-refractivity contribution < 1.29 is 22.3 Å². The van der Waals surface area contributed by atoms with Gasteiger partial charge in [-0.1, -0.05) is 18.2 Å². The summed E-state index contributed by atoms with van der Waals surface area (Å²) in [5.41, 5.74) is 1.87. The number of anilines is 2. The smallest absolute Gasteiger partial charge is 0.265 e. The van der Waals surface area contributed by atoms with Crippen LogP contribution < -0.4 is 13.9 Å². The number of hydrogen-bond acceptors (Lipinski definition) is 5. The standard InChI is InChI=1S/C21H24FN3O4S/c1-15-7-8-19-18(13-15)25(30(2,27)28)14-20(29-19)21(26)24-11-9-23(10-12-24)17-6-4-3-5-16(17)22/h3-8,13,20H,9-12,14H2,1-2H3. The number of rotatable bonds is 3. The van der Waals surface area contributed by atoms with Crippen molar-refractivity contribution >= 4 is 27.3 Å². The number of hydrogen-bond donors (Lipinski definition) is 0. The third kappa shape index (κ3) is 3.94. The van der Waals surface area contributed by atoms with Crippen LogP contribution in [0, 0.1) is 12.7 Å². The summed E-state index contributed by atoms with van der Waals surface area (Å²) in [6, 6.07) is 11.8. The Bertz CT molecular complexity index is 1070. The van der Waals surface area contributed by atoms with Gasteiger partial charge in [-0.2, -0.15) is 0 Å². The third-order valence-electron chi connectivity index (χ3n) is 5.44. The quantitative estimate of drug-likeness (QED) is 0.741. The number of nitrogens with zero attached hydrogens (tertiary/aromatic N) is 3. The molecule has 2 aromatic rings. The van der Waals surface area contributed by atoms with E-state index in [0.717, 1.165) is 11.8 Å². The van der Waals surface area contributed by atoms with Crippen LogP contribution in [0.4, 0.5) is 15.8 Å². The van der Waals surface area contributed by atoms with Crippen LogP contribution in [0.25, 0.3) is 0 Å². The van der Waals surface area contributed by atoms with E-state index in [2.05, 4.69) is 0 Å². The number of sulfonamides is 1. The number of carbonyl (C=O) groups excluding carboxylic acids is 1. The van der Waals surface area contributed by atoms with Crippen LogP contribution >= 0.6 is 0 Å². The van der Waals surface area contributed by atoms with E-state index in [1.807, 2.05) is 17.9 Å². The normalized spacial score (nSPS) is 19.3. The summed E-state index contributed by atoms with van der Waals surface area (Å²) >= 11 is 0. The SMILES string of the molecule is Cc1ccc2c(c1)N(S(C)(=O)=O)CC(C(=O)N1CCN(c3ccccc3F)CC1)O2. The first-order valence-corrected chi connectivity index (χ1v) is 11.6. The van der Waals surface area contributed by atoms with Crippen molar-refractivity contribution in [2.24, 2.45) is 0 Å². The van der Waals surface area contributed by atoms with Crippen molar-refractivity contribution in [3.8, 4) is 5.75 Å². The maximum Gasteiger partial charge on any atom is 0.265 e. The fourth-order valence-corrected chi connectivity index (χ4v) is 4.79. The molecular weight excluding hydrogens is 409 g/mol. The van der Waals surface area contributed by atoms with Crippen LogP contribution in [0.5, 0.6) is 5.75 Å². The van der Waals surface area contributed by atoms with Crippen molar-refractivity contribution in [1.82, 2.24) is 4.90 Å². The highest BCUT2D eigenvalue weighted by molar-refractivity contribution is 7.92. The molecule has 1 fully saturated rings. The summed E-state index contributed by atoms with van der Waals surface area (Å²) in [6.45, 7) is 3.60. The van der Waals surface area contributed by atoms with E-state index in [4.69, 9.17) is 4.74 Å². The summed E-state index contributed by atoms with van der Waals surface area (Å²) in [5, 5.41) is 0. The van der Waals surface area contributed by atoms with Gasteiger partial charge in [-0.05, 0) is 36.8 Å². The molecule has 1 atom stereocenters. The number of ether oxygens (including phenoxy) is 1. The maximum absolute atomic E-state index is 14.0. The fraction of sp³-hybridized carbons (Fsp3) is 0.381. The van der Waals surface area contributed by atoms with Crippen LogP contribution in [0.1, 0.15) is 5.56 Å². The summed E-state index contributed by atoms with van der Waals surface area (Å²) in [6.07, 6.45) is 0.203. The molecule has 1 unspecified atom stereocenters. The monoisotopic (exact) mass is 433 g/mol. The van der Waals surface area contributed by atoms with Gasteiger partial charge in [-0.3, -0.25) is 9.10 Å². The van der Waals surface area contributed by atoms with Gasteiger partial charge in [0.05, 0.1) is 24.2 Å². The Morgan fingerprint density at radius 2 is 1.77 bits per heavy atom. The number of benzene rings is 2. The van der Waals surface area contributed by atoms with Crippen molar-refractivity contribution in [1.29, 1.82) is 0 Å². The molecule has 2 aliphatic rings. The number of halogens is 1. The van der Waals surface area contributed by atoms with E-state index in [0.29, 0.717) is 43.3 Å². The van der Waals surface area contributed by atoms with Gasteiger partial charge in [0.2, 0.25) is 10.0 Å². The summed E-state index contributed by atoms with van der Waals surface area (Å²) in [5.74, 6) is -0.174. The van der Waals surface area contributed by atoms with E-state index < -0.39 is 16.1 Å². The number of fused-ring (bicyclic) bond motifs is 1. The predicted octanol–water partition coefficient (Wildman–Crippen LogP) is 2.01. The lowest BCUT2D eigenvalue weighted by molar-refractivity contribution is -0.138. The molecule has 2 aliphatic heterocycles. The lowest BCUT2D eigenvalue weighted by Crippen LogP contribution is -2.56. The van der Waals surface area contributed by atoms with Gasteiger partial charge in [0.25, 0.3) is 5.91 Å². The zero-order valence-corrected chi connectivity index (χ0v) is 17.7. The highest BCUT2D eigenvalue weighted by Crippen LogP contribution is 2.36. The number of piperazine rings is 1. The lowest BCUT2D eigenvalue weighted by atomic mass is 10.1. The molecule has 2 heterocycles. The van der Waals surface area contributed by atoms with E-state index in [1.54, 1.807) is 35.2 Å². The number of para-hydroxylation sites is 1. The molecule has 0 saturated carbocycles. The lowest BCUT2D eigenvalue weighted by Gasteiger charge is -2.40. The molecule has 0 N–H and O–H groups in total. The number of carbonyl (C=O) groups is 1. The molecule has 160 valence electrons. The van der Waals surface area contributed by atoms with Crippen molar-refractivity contribution in [2.45, 2.75) is 13.0 Å². The van der Waals surface area contributed by atoms with E-state index in [-0.39, 0.29) is 18.3 Å².